The molecule has 1 heterocycles. The molecule has 342 valence electrons. The first-order chi connectivity index (χ1) is 28.3. The Kier molecular flexibility index (Phi) is 37.2. The number of hydrogen-bond acceptors (Lipinski definition) is 10. The fourth-order valence-electron chi connectivity index (χ4n) is 7.54. The lowest BCUT2D eigenvalue weighted by Gasteiger charge is -2.39. The van der Waals surface area contributed by atoms with Gasteiger partial charge in [-0.1, -0.05) is 187 Å². The average Bonchev–Trinajstić information content (AvgIpc) is 3.22. The van der Waals surface area contributed by atoms with Crippen molar-refractivity contribution in [1.29, 1.82) is 0 Å². The largest absolute Gasteiger partial charge is 0.462 e. The van der Waals surface area contributed by atoms with Gasteiger partial charge in [0.15, 0.2) is 12.4 Å². The number of unbranched alkanes of at least 4 members (excludes halogenated alkanes) is 28. The van der Waals surface area contributed by atoms with Gasteiger partial charge in [0.1, 0.15) is 31.0 Å². The Hall–Kier alpha value is -1.56. The van der Waals surface area contributed by atoms with E-state index < -0.39 is 49.4 Å². The minimum absolute atomic E-state index is 0.212. The average molecular weight is 827 g/mol. The van der Waals surface area contributed by atoms with Crippen molar-refractivity contribution in [3.05, 3.63) is 12.2 Å². The second-order valence-electron chi connectivity index (χ2n) is 16.9. The van der Waals surface area contributed by atoms with Gasteiger partial charge in [0, 0.05) is 12.8 Å². The Morgan fingerprint density at radius 3 is 1.34 bits per heavy atom. The molecule has 2 unspecified atom stereocenters. The molecule has 10 heteroatoms. The summed E-state index contributed by atoms with van der Waals surface area (Å²) >= 11 is 0. The van der Waals surface area contributed by atoms with E-state index in [2.05, 4.69) is 26.0 Å². The van der Waals surface area contributed by atoms with Crippen molar-refractivity contribution in [2.24, 2.45) is 0 Å². The molecule has 10 nitrogen and oxygen atoms in total. The second kappa shape index (κ2) is 39.6. The van der Waals surface area contributed by atoms with Gasteiger partial charge < -0.3 is 39.4 Å². The topological polar surface area (TPSA) is 152 Å². The molecule has 0 bridgehead atoms. The molecule has 0 radical (unpaired) electrons. The van der Waals surface area contributed by atoms with Gasteiger partial charge in [-0.3, -0.25) is 9.59 Å². The molecule has 6 atom stereocenters. The van der Waals surface area contributed by atoms with Crippen LogP contribution < -0.4 is 0 Å². The van der Waals surface area contributed by atoms with E-state index >= 15 is 0 Å². The third-order valence-electron chi connectivity index (χ3n) is 11.4. The quantitative estimate of drug-likeness (QED) is 0.0266. The van der Waals surface area contributed by atoms with Gasteiger partial charge in [0.05, 0.1) is 13.2 Å². The summed E-state index contributed by atoms with van der Waals surface area (Å²) in [6.07, 6.45) is 35.1. The Bertz CT molecular complexity index is 959. The normalized spacial score (nSPS) is 20.1. The van der Waals surface area contributed by atoms with Crippen LogP contribution in [0.15, 0.2) is 12.2 Å². The number of esters is 2. The van der Waals surface area contributed by atoms with Crippen LogP contribution in [0.1, 0.15) is 226 Å². The number of hydrogen-bond donors (Lipinski definition) is 4. The second-order valence-corrected chi connectivity index (χ2v) is 16.9. The third kappa shape index (κ3) is 30.5. The Balaban J connectivity index is 2.25. The van der Waals surface area contributed by atoms with Crippen molar-refractivity contribution in [3.8, 4) is 0 Å². The summed E-state index contributed by atoms with van der Waals surface area (Å²) in [5.41, 5.74) is 0. The van der Waals surface area contributed by atoms with Gasteiger partial charge in [0.2, 0.25) is 0 Å². The molecule has 58 heavy (non-hydrogen) atoms. The lowest BCUT2D eigenvalue weighted by molar-refractivity contribution is -0.305. The van der Waals surface area contributed by atoms with Crippen molar-refractivity contribution >= 4 is 11.9 Å². The molecular weight excluding hydrogens is 737 g/mol. The first-order valence-corrected chi connectivity index (χ1v) is 24.3. The number of carbonyl (C=O) groups excluding carboxylic acids is 2. The highest BCUT2D eigenvalue weighted by Gasteiger charge is 2.44. The highest BCUT2D eigenvalue weighted by atomic mass is 16.7. The first kappa shape index (κ1) is 54.5. The van der Waals surface area contributed by atoms with E-state index in [-0.39, 0.29) is 32.0 Å². The van der Waals surface area contributed by atoms with Crippen LogP contribution in [0.5, 0.6) is 0 Å². The van der Waals surface area contributed by atoms with Gasteiger partial charge >= 0.3 is 11.9 Å². The molecule has 1 rings (SSSR count). The molecule has 0 spiro atoms. The van der Waals surface area contributed by atoms with Crippen molar-refractivity contribution in [2.45, 2.75) is 263 Å². The summed E-state index contributed by atoms with van der Waals surface area (Å²) in [4.78, 5) is 25.3. The van der Waals surface area contributed by atoms with E-state index in [4.69, 9.17) is 18.9 Å². The summed E-state index contributed by atoms with van der Waals surface area (Å²) in [6.45, 7) is 3.44. The summed E-state index contributed by atoms with van der Waals surface area (Å²) < 4.78 is 22.2. The van der Waals surface area contributed by atoms with Gasteiger partial charge in [-0.2, -0.15) is 0 Å². The fraction of sp³-hybridized carbons (Fsp3) is 0.917. The predicted molar refractivity (Wildman–Crippen MR) is 233 cm³/mol. The number of carbonyl (C=O) groups is 2. The summed E-state index contributed by atoms with van der Waals surface area (Å²) in [5.74, 6) is -0.796. The summed E-state index contributed by atoms with van der Waals surface area (Å²) in [5, 5.41) is 40.1. The molecule has 1 saturated heterocycles. The lowest BCUT2D eigenvalue weighted by atomic mass is 9.99. The summed E-state index contributed by atoms with van der Waals surface area (Å²) in [7, 11) is 0. The van der Waals surface area contributed by atoms with Crippen LogP contribution in [0.4, 0.5) is 0 Å². The Labute approximate surface area is 354 Å². The lowest BCUT2D eigenvalue weighted by Crippen LogP contribution is -2.59. The zero-order valence-electron chi connectivity index (χ0n) is 37.3. The minimum Gasteiger partial charge on any atom is -0.462 e. The van der Waals surface area contributed by atoms with E-state index in [1.807, 2.05) is 0 Å². The van der Waals surface area contributed by atoms with Crippen molar-refractivity contribution in [1.82, 2.24) is 0 Å². The molecule has 1 fully saturated rings. The maximum Gasteiger partial charge on any atom is 0.306 e. The van der Waals surface area contributed by atoms with Gasteiger partial charge in [-0.15, -0.1) is 0 Å². The monoisotopic (exact) mass is 827 g/mol. The molecular formula is C48H90O10. The molecule has 0 aromatic rings. The van der Waals surface area contributed by atoms with Gasteiger partial charge in [-0.05, 0) is 38.5 Å². The SMILES string of the molecule is CCCCCCCC/C=C/CCCCCCCCCCCCCC(=O)O[C@H](COC(=O)CCCCCCCCCCCCCC)CO[C@@H]1O[C@H](CO)[C@H](O)C(O)C1O. The van der Waals surface area contributed by atoms with E-state index in [1.165, 1.54) is 154 Å². The number of rotatable bonds is 41. The van der Waals surface area contributed by atoms with E-state index in [0.29, 0.717) is 6.42 Å². The van der Waals surface area contributed by atoms with Crippen molar-refractivity contribution in [3.63, 3.8) is 0 Å². The number of allylic oxidation sites excluding steroid dienone is 2. The molecule has 0 saturated carbocycles. The molecule has 0 aliphatic carbocycles. The molecule has 0 aromatic heterocycles. The zero-order valence-corrected chi connectivity index (χ0v) is 37.3. The van der Waals surface area contributed by atoms with Crippen LogP contribution in [0.25, 0.3) is 0 Å². The minimum atomic E-state index is -1.59. The highest BCUT2D eigenvalue weighted by Crippen LogP contribution is 2.23. The Morgan fingerprint density at radius 2 is 0.914 bits per heavy atom. The molecule has 1 aliphatic rings. The van der Waals surface area contributed by atoms with Crippen LogP contribution in [0, 0.1) is 0 Å². The molecule has 1 aliphatic heterocycles. The van der Waals surface area contributed by atoms with E-state index in [9.17, 15) is 30.0 Å². The van der Waals surface area contributed by atoms with Crippen LogP contribution in [-0.4, -0.2) is 89.0 Å². The highest BCUT2D eigenvalue weighted by molar-refractivity contribution is 5.70. The van der Waals surface area contributed by atoms with E-state index in [1.54, 1.807) is 0 Å². The fourth-order valence-corrected chi connectivity index (χ4v) is 7.54. The molecule has 0 aromatic carbocycles. The van der Waals surface area contributed by atoms with Crippen molar-refractivity contribution in [2.75, 3.05) is 19.8 Å². The standard InChI is InChI=1S/C48H90O10/c1-3-5-7-9-11-13-15-17-18-19-20-21-22-23-24-25-27-29-31-33-35-37-44(51)57-41(40-56-48-47(54)46(53)45(52)42(38-49)58-48)39-55-43(50)36-34-32-30-28-26-16-14-12-10-8-6-4-2/h17-18,41-42,45-49,52-54H,3-16,19-40H2,1-2H3/b18-17+/t41-,42-,45+,46?,47?,48-/m1/s1. The maximum atomic E-state index is 12.8. The zero-order chi connectivity index (χ0) is 42.3. The smallest absolute Gasteiger partial charge is 0.306 e. The van der Waals surface area contributed by atoms with Gasteiger partial charge in [0.25, 0.3) is 0 Å². The van der Waals surface area contributed by atoms with Crippen LogP contribution in [0.2, 0.25) is 0 Å². The predicted octanol–water partition coefficient (Wildman–Crippen LogP) is 10.7. The molecule has 0 amide bonds. The van der Waals surface area contributed by atoms with Crippen LogP contribution in [0.3, 0.4) is 0 Å². The third-order valence-corrected chi connectivity index (χ3v) is 11.4. The van der Waals surface area contributed by atoms with Crippen molar-refractivity contribution < 1.29 is 49.0 Å². The van der Waals surface area contributed by atoms with Crippen LogP contribution >= 0.6 is 0 Å². The van der Waals surface area contributed by atoms with E-state index in [0.717, 1.165) is 38.5 Å². The van der Waals surface area contributed by atoms with Gasteiger partial charge in [-0.25, -0.2) is 0 Å². The number of aliphatic hydroxyl groups is 4. The summed E-state index contributed by atoms with van der Waals surface area (Å²) in [6, 6.07) is 0. The maximum absolute atomic E-state index is 12.8. The number of aliphatic hydroxyl groups excluding tert-OH is 4. The Morgan fingerprint density at radius 1 is 0.517 bits per heavy atom. The number of ether oxygens (including phenoxy) is 4. The molecule has 4 N–H and O–H groups in total. The first-order valence-electron chi connectivity index (χ1n) is 24.3. The van der Waals surface area contributed by atoms with Crippen LogP contribution in [-0.2, 0) is 28.5 Å².